The molecule has 5 heteroatoms. The van der Waals surface area contributed by atoms with Crippen molar-refractivity contribution in [1.29, 1.82) is 0 Å². The second-order valence-electron chi connectivity index (χ2n) is 3.92. The normalized spacial score (nSPS) is 15.4. The number of benzene rings is 1. The van der Waals surface area contributed by atoms with Gasteiger partial charge >= 0.3 is 0 Å². The molecule has 0 bridgehead atoms. The van der Waals surface area contributed by atoms with E-state index >= 15 is 0 Å². The van der Waals surface area contributed by atoms with Gasteiger partial charge in [0.05, 0.1) is 5.56 Å². The Morgan fingerprint density at radius 2 is 2.19 bits per heavy atom. The van der Waals surface area contributed by atoms with Crippen molar-refractivity contribution in [3.8, 4) is 11.4 Å². The molecular weight excluding hydrogens is 273 g/mol. The Bertz CT molecular complexity index is 534. The summed E-state index contributed by atoms with van der Waals surface area (Å²) < 4.78 is 16.4. The van der Waals surface area contributed by atoms with E-state index in [9.17, 15) is 4.39 Å². The van der Waals surface area contributed by atoms with Crippen molar-refractivity contribution in [1.82, 2.24) is 14.8 Å². The van der Waals surface area contributed by atoms with E-state index in [1.54, 1.807) is 12.4 Å². The van der Waals surface area contributed by atoms with Gasteiger partial charge in [-0.15, -0.1) is 10.2 Å². The molecule has 0 aliphatic heterocycles. The maximum Gasteiger partial charge on any atom is 0.166 e. The first-order valence-corrected chi connectivity index (χ1v) is 5.90. The summed E-state index contributed by atoms with van der Waals surface area (Å²) in [6.45, 7) is 0. The molecule has 1 aromatic carbocycles. The van der Waals surface area contributed by atoms with Crippen LogP contribution in [0.1, 0.15) is 18.9 Å². The van der Waals surface area contributed by atoms with Crippen LogP contribution in [0.3, 0.4) is 0 Å². The first-order valence-electron chi connectivity index (χ1n) is 5.10. The van der Waals surface area contributed by atoms with Gasteiger partial charge in [-0.3, -0.25) is 0 Å². The highest BCUT2D eigenvalue weighted by Crippen LogP contribution is 2.38. The van der Waals surface area contributed by atoms with Gasteiger partial charge in [-0.1, -0.05) is 15.9 Å². The van der Waals surface area contributed by atoms with E-state index in [1.807, 2.05) is 10.6 Å². The van der Waals surface area contributed by atoms with Crippen LogP contribution in [0.2, 0.25) is 0 Å². The molecule has 3 rings (SSSR count). The maximum atomic E-state index is 13.8. The highest BCUT2D eigenvalue weighted by atomic mass is 79.9. The molecule has 1 aromatic heterocycles. The second kappa shape index (κ2) is 3.66. The molecule has 2 aromatic rings. The molecule has 0 unspecified atom stereocenters. The fraction of sp³-hybridized carbons (Fsp3) is 0.273. The highest BCUT2D eigenvalue weighted by molar-refractivity contribution is 9.10. The van der Waals surface area contributed by atoms with Crippen molar-refractivity contribution in [2.24, 2.45) is 0 Å². The lowest BCUT2D eigenvalue weighted by Gasteiger charge is -2.05. The minimum absolute atomic E-state index is 0.274. The average Bonchev–Trinajstić information content (AvgIpc) is 2.98. The molecule has 0 spiro atoms. The number of aromatic nitrogens is 3. The van der Waals surface area contributed by atoms with E-state index in [0.717, 1.165) is 17.3 Å². The molecule has 3 nitrogen and oxygen atoms in total. The quantitative estimate of drug-likeness (QED) is 0.847. The first-order chi connectivity index (χ1) is 7.75. The summed E-state index contributed by atoms with van der Waals surface area (Å²) in [7, 11) is 0. The Labute approximate surface area is 100 Å². The molecule has 0 radical (unpaired) electrons. The molecule has 82 valence electrons. The Morgan fingerprint density at radius 3 is 2.88 bits per heavy atom. The van der Waals surface area contributed by atoms with Gasteiger partial charge in [-0.2, -0.15) is 0 Å². The van der Waals surface area contributed by atoms with Gasteiger partial charge in [0.25, 0.3) is 0 Å². The SMILES string of the molecule is Fc1cc(Br)ccc1-c1nncn1C1CC1. The van der Waals surface area contributed by atoms with Crippen molar-refractivity contribution in [2.45, 2.75) is 18.9 Å². The number of nitrogens with zero attached hydrogens (tertiary/aromatic N) is 3. The Balaban J connectivity index is 2.10. The van der Waals surface area contributed by atoms with Crippen molar-refractivity contribution in [3.05, 3.63) is 34.8 Å². The van der Waals surface area contributed by atoms with Crippen molar-refractivity contribution in [3.63, 3.8) is 0 Å². The topological polar surface area (TPSA) is 30.7 Å². The number of halogens is 2. The van der Waals surface area contributed by atoms with Crippen LogP contribution in [0.15, 0.2) is 29.0 Å². The van der Waals surface area contributed by atoms with Crippen molar-refractivity contribution >= 4 is 15.9 Å². The minimum atomic E-state index is -0.274. The number of hydrogen-bond donors (Lipinski definition) is 0. The van der Waals surface area contributed by atoms with Gasteiger partial charge in [-0.05, 0) is 31.0 Å². The molecular formula is C11H9BrFN3. The molecule has 0 atom stereocenters. The van der Waals surface area contributed by atoms with Gasteiger partial charge in [0.2, 0.25) is 0 Å². The molecule has 1 fully saturated rings. The maximum absolute atomic E-state index is 13.8. The molecule has 0 amide bonds. The van der Waals surface area contributed by atoms with Crippen LogP contribution in [-0.4, -0.2) is 14.8 Å². The molecule has 0 saturated heterocycles. The van der Waals surface area contributed by atoms with E-state index in [-0.39, 0.29) is 5.82 Å². The highest BCUT2D eigenvalue weighted by Gasteiger charge is 2.27. The smallest absolute Gasteiger partial charge is 0.166 e. The van der Waals surface area contributed by atoms with E-state index < -0.39 is 0 Å². The lowest BCUT2D eigenvalue weighted by atomic mass is 10.2. The third-order valence-corrected chi connectivity index (χ3v) is 3.18. The average molecular weight is 282 g/mol. The van der Waals surface area contributed by atoms with Gasteiger partial charge in [0.1, 0.15) is 12.1 Å². The molecule has 1 aliphatic rings. The summed E-state index contributed by atoms with van der Waals surface area (Å²) in [6.07, 6.45) is 3.93. The monoisotopic (exact) mass is 281 g/mol. The van der Waals surface area contributed by atoms with Crippen molar-refractivity contribution in [2.75, 3.05) is 0 Å². The van der Waals surface area contributed by atoms with E-state index in [0.29, 0.717) is 17.4 Å². The van der Waals surface area contributed by atoms with Crippen LogP contribution in [0.4, 0.5) is 4.39 Å². The number of rotatable bonds is 2. The number of hydrogen-bond acceptors (Lipinski definition) is 2. The lowest BCUT2D eigenvalue weighted by Crippen LogP contribution is -1.97. The van der Waals surface area contributed by atoms with Gasteiger partial charge < -0.3 is 4.57 Å². The molecule has 1 saturated carbocycles. The second-order valence-corrected chi connectivity index (χ2v) is 4.83. The van der Waals surface area contributed by atoms with E-state index in [1.165, 1.54) is 6.07 Å². The summed E-state index contributed by atoms with van der Waals surface area (Å²) in [4.78, 5) is 0. The molecule has 1 heterocycles. The Hall–Kier alpha value is -1.23. The Morgan fingerprint density at radius 1 is 1.38 bits per heavy atom. The first kappa shape index (κ1) is 9.96. The van der Waals surface area contributed by atoms with Crippen LogP contribution in [-0.2, 0) is 0 Å². The summed E-state index contributed by atoms with van der Waals surface area (Å²) in [5, 5.41) is 7.85. The predicted molar refractivity (Wildman–Crippen MR) is 61.4 cm³/mol. The zero-order chi connectivity index (χ0) is 11.1. The molecule has 16 heavy (non-hydrogen) atoms. The fourth-order valence-corrected chi connectivity index (χ4v) is 2.06. The molecule has 0 N–H and O–H groups in total. The lowest BCUT2D eigenvalue weighted by molar-refractivity contribution is 0.625. The van der Waals surface area contributed by atoms with Crippen LogP contribution >= 0.6 is 15.9 Å². The van der Waals surface area contributed by atoms with E-state index in [4.69, 9.17) is 0 Å². The van der Waals surface area contributed by atoms with Crippen LogP contribution < -0.4 is 0 Å². The van der Waals surface area contributed by atoms with Gasteiger partial charge in [-0.25, -0.2) is 4.39 Å². The largest absolute Gasteiger partial charge is 0.310 e. The van der Waals surface area contributed by atoms with Crippen LogP contribution in [0.25, 0.3) is 11.4 Å². The van der Waals surface area contributed by atoms with Gasteiger partial charge in [0.15, 0.2) is 5.82 Å². The van der Waals surface area contributed by atoms with Gasteiger partial charge in [0, 0.05) is 10.5 Å². The zero-order valence-corrected chi connectivity index (χ0v) is 9.98. The fourth-order valence-electron chi connectivity index (χ4n) is 1.73. The molecule has 1 aliphatic carbocycles. The van der Waals surface area contributed by atoms with Crippen molar-refractivity contribution < 1.29 is 4.39 Å². The van der Waals surface area contributed by atoms with Crippen LogP contribution in [0.5, 0.6) is 0 Å². The predicted octanol–water partition coefficient (Wildman–Crippen LogP) is 3.18. The summed E-state index contributed by atoms with van der Waals surface area (Å²) >= 11 is 3.24. The summed E-state index contributed by atoms with van der Waals surface area (Å²) in [5.74, 6) is 0.344. The standard InChI is InChI=1S/C11H9BrFN3/c12-7-1-4-9(10(13)5-7)11-15-14-6-16(11)8-2-3-8/h1,4-6,8H,2-3H2. The van der Waals surface area contributed by atoms with E-state index in [2.05, 4.69) is 26.1 Å². The van der Waals surface area contributed by atoms with Crippen LogP contribution in [0, 0.1) is 5.82 Å². The summed E-state index contributed by atoms with van der Waals surface area (Å²) in [5.41, 5.74) is 0.507. The zero-order valence-electron chi connectivity index (χ0n) is 8.40. The Kier molecular flexibility index (Phi) is 2.28. The minimum Gasteiger partial charge on any atom is -0.310 e. The third-order valence-electron chi connectivity index (χ3n) is 2.69. The third kappa shape index (κ3) is 1.65. The summed E-state index contributed by atoms with van der Waals surface area (Å²) in [6, 6.07) is 5.43.